The zero-order valence-electron chi connectivity index (χ0n) is 3.13. The lowest BCUT2D eigenvalue weighted by molar-refractivity contribution is 0.992. The molecule has 6 heavy (non-hydrogen) atoms. The maximum atomic E-state index is 3.75. The van der Waals surface area contributed by atoms with E-state index in [1.165, 1.54) is 0 Å². The molecule has 0 amide bonds. The van der Waals surface area contributed by atoms with E-state index in [1.54, 1.807) is 16.7 Å². The minimum absolute atomic E-state index is 1.56. The van der Waals surface area contributed by atoms with Crippen molar-refractivity contribution in [3.8, 4) is 0 Å². The van der Waals surface area contributed by atoms with E-state index in [4.69, 9.17) is 0 Å². The maximum absolute atomic E-state index is 3.75. The highest BCUT2D eigenvalue weighted by Gasteiger charge is 1.70. The summed E-state index contributed by atoms with van der Waals surface area (Å²) in [6.07, 6.45) is 3.50. The molecule has 0 fully saturated rings. The van der Waals surface area contributed by atoms with Crippen molar-refractivity contribution in [3.63, 3.8) is 0 Å². The molecule has 0 saturated heterocycles. The SMILES string of the molecule is [Si]n1cccn1. The summed E-state index contributed by atoms with van der Waals surface area (Å²) in [5, 5.41) is 3.75. The molecule has 1 heterocycles. The fourth-order valence-electron chi connectivity index (χ4n) is 0.269. The average molecular weight is 95.2 g/mol. The second-order valence-electron chi connectivity index (χ2n) is 0.951. The van der Waals surface area contributed by atoms with E-state index in [1.807, 2.05) is 6.07 Å². The Morgan fingerprint density at radius 2 is 2.50 bits per heavy atom. The summed E-state index contributed by atoms with van der Waals surface area (Å²) in [4.78, 5) is 0. The Kier molecular flexibility index (Phi) is 0.758. The predicted octanol–water partition coefficient (Wildman–Crippen LogP) is -0.185. The highest BCUT2D eigenvalue weighted by Crippen LogP contribution is 1.72. The standard InChI is InChI=1S/C3H3N2Si/c6-5-3-1-2-4-5/h1-3H. The normalized spacial score (nSPS) is 8.83. The molecule has 1 aromatic heterocycles. The molecule has 0 saturated carbocycles. The molecular formula is C3H3N2Si. The van der Waals surface area contributed by atoms with Crippen molar-refractivity contribution in [2.45, 2.75) is 0 Å². The van der Waals surface area contributed by atoms with Gasteiger partial charge in [0.25, 0.3) is 0 Å². The summed E-state index contributed by atoms with van der Waals surface area (Å²) >= 11 is 0. The van der Waals surface area contributed by atoms with E-state index in [9.17, 15) is 0 Å². The van der Waals surface area contributed by atoms with Crippen molar-refractivity contribution < 1.29 is 0 Å². The van der Waals surface area contributed by atoms with Crippen LogP contribution in [-0.4, -0.2) is 19.9 Å². The van der Waals surface area contributed by atoms with Crippen LogP contribution in [0.3, 0.4) is 0 Å². The molecule has 29 valence electrons. The summed E-state index contributed by atoms with van der Waals surface area (Å²) < 4.78 is 1.56. The predicted molar refractivity (Wildman–Crippen MR) is 23.4 cm³/mol. The highest BCUT2D eigenvalue weighted by atomic mass is 28.2. The van der Waals surface area contributed by atoms with E-state index in [0.717, 1.165) is 0 Å². The Hall–Kier alpha value is -0.573. The zero-order chi connectivity index (χ0) is 4.41. The zero-order valence-corrected chi connectivity index (χ0v) is 4.13. The van der Waals surface area contributed by atoms with Crippen LogP contribution in [0.1, 0.15) is 0 Å². The van der Waals surface area contributed by atoms with E-state index < -0.39 is 0 Å². The fourth-order valence-corrected chi connectivity index (χ4v) is 0.422. The first kappa shape index (κ1) is 3.61. The van der Waals surface area contributed by atoms with Crippen LogP contribution in [0, 0.1) is 0 Å². The van der Waals surface area contributed by atoms with Gasteiger partial charge in [-0.05, 0) is 6.07 Å². The molecular weight excluding hydrogens is 92.1 g/mol. The molecule has 0 bridgehead atoms. The van der Waals surface area contributed by atoms with Gasteiger partial charge in [-0.25, -0.2) is 0 Å². The lowest BCUT2D eigenvalue weighted by Crippen LogP contribution is -1.87. The third kappa shape index (κ3) is 0.489. The topological polar surface area (TPSA) is 17.8 Å². The first-order valence-electron chi connectivity index (χ1n) is 1.61. The van der Waals surface area contributed by atoms with Gasteiger partial charge in [0.15, 0.2) is 0 Å². The minimum Gasteiger partial charge on any atom is -0.305 e. The summed E-state index contributed by atoms with van der Waals surface area (Å²) in [6.45, 7) is 0. The molecule has 0 spiro atoms. The van der Waals surface area contributed by atoms with Crippen molar-refractivity contribution >= 4 is 10.4 Å². The molecule has 1 rings (SSSR count). The summed E-state index contributed by atoms with van der Waals surface area (Å²) in [7, 11) is 3.13. The number of aromatic nitrogens is 2. The van der Waals surface area contributed by atoms with Gasteiger partial charge >= 0.3 is 0 Å². The van der Waals surface area contributed by atoms with Gasteiger partial charge in [-0.2, -0.15) is 5.10 Å². The molecule has 0 aliphatic carbocycles. The molecule has 2 nitrogen and oxygen atoms in total. The van der Waals surface area contributed by atoms with Gasteiger partial charge in [-0.3, -0.25) is 0 Å². The van der Waals surface area contributed by atoms with Gasteiger partial charge in [0.1, 0.15) is 0 Å². The monoisotopic (exact) mass is 95.0 g/mol. The maximum Gasteiger partial charge on any atom is 0.225 e. The molecule has 0 aromatic carbocycles. The quantitative estimate of drug-likeness (QED) is 0.408. The van der Waals surface area contributed by atoms with Crippen molar-refractivity contribution in [1.82, 2.24) is 9.45 Å². The van der Waals surface area contributed by atoms with Gasteiger partial charge in [0.05, 0.1) is 0 Å². The Balaban J connectivity index is 3.05. The van der Waals surface area contributed by atoms with Gasteiger partial charge < -0.3 is 4.35 Å². The van der Waals surface area contributed by atoms with Crippen molar-refractivity contribution in [3.05, 3.63) is 18.5 Å². The number of hydrogen-bond donors (Lipinski definition) is 0. The average Bonchev–Trinajstić information content (AvgIpc) is 1.86. The number of hydrogen-bond acceptors (Lipinski definition) is 1. The third-order valence-electron chi connectivity index (χ3n) is 0.504. The first-order chi connectivity index (χ1) is 2.89. The molecule has 3 radical (unpaired) electrons. The van der Waals surface area contributed by atoms with Crippen LogP contribution in [0.4, 0.5) is 0 Å². The number of nitrogens with zero attached hydrogens (tertiary/aromatic N) is 2. The molecule has 0 atom stereocenters. The largest absolute Gasteiger partial charge is 0.305 e. The molecule has 0 unspecified atom stereocenters. The summed E-state index contributed by atoms with van der Waals surface area (Å²) in [5.74, 6) is 0. The minimum atomic E-state index is 1.56. The molecule has 3 heteroatoms. The van der Waals surface area contributed by atoms with Gasteiger partial charge in [-0.15, -0.1) is 0 Å². The Morgan fingerprint density at radius 1 is 1.67 bits per heavy atom. The molecule has 0 aliphatic rings. The van der Waals surface area contributed by atoms with Gasteiger partial charge in [0.2, 0.25) is 10.4 Å². The van der Waals surface area contributed by atoms with E-state index >= 15 is 0 Å². The van der Waals surface area contributed by atoms with Crippen LogP contribution in [-0.2, 0) is 0 Å². The lowest BCUT2D eigenvalue weighted by atomic mass is 10.8. The van der Waals surface area contributed by atoms with Crippen LogP contribution in [0.2, 0.25) is 0 Å². The van der Waals surface area contributed by atoms with Gasteiger partial charge in [0, 0.05) is 12.4 Å². The van der Waals surface area contributed by atoms with Crippen molar-refractivity contribution in [2.75, 3.05) is 0 Å². The van der Waals surface area contributed by atoms with E-state index in [2.05, 4.69) is 15.5 Å². The van der Waals surface area contributed by atoms with Crippen molar-refractivity contribution in [1.29, 1.82) is 0 Å². The molecule has 0 aliphatic heterocycles. The van der Waals surface area contributed by atoms with Crippen LogP contribution in [0.15, 0.2) is 18.5 Å². The Bertz CT molecular complexity index is 112. The first-order valence-corrected chi connectivity index (χ1v) is 2.05. The smallest absolute Gasteiger partial charge is 0.225 e. The Labute approximate surface area is 39.3 Å². The summed E-state index contributed by atoms with van der Waals surface area (Å²) in [6, 6.07) is 1.84. The fraction of sp³-hybridized carbons (Fsp3) is 0. The third-order valence-corrected chi connectivity index (χ3v) is 0.769. The molecule has 1 aromatic rings. The Morgan fingerprint density at radius 3 is 2.67 bits per heavy atom. The van der Waals surface area contributed by atoms with E-state index in [0.29, 0.717) is 0 Å². The summed E-state index contributed by atoms with van der Waals surface area (Å²) in [5.41, 5.74) is 0. The second kappa shape index (κ2) is 1.26. The highest BCUT2D eigenvalue weighted by molar-refractivity contribution is 6.05. The van der Waals surface area contributed by atoms with E-state index in [-0.39, 0.29) is 0 Å². The van der Waals surface area contributed by atoms with Crippen molar-refractivity contribution in [2.24, 2.45) is 0 Å². The molecule has 0 N–H and O–H groups in total. The van der Waals surface area contributed by atoms with Crippen LogP contribution < -0.4 is 0 Å². The van der Waals surface area contributed by atoms with Crippen LogP contribution in [0.5, 0.6) is 0 Å². The second-order valence-corrected chi connectivity index (χ2v) is 1.41. The van der Waals surface area contributed by atoms with Crippen LogP contribution in [0.25, 0.3) is 0 Å². The van der Waals surface area contributed by atoms with Crippen LogP contribution >= 0.6 is 0 Å². The van der Waals surface area contributed by atoms with Gasteiger partial charge in [-0.1, -0.05) is 0 Å². The number of rotatable bonds is 0. The lowest BCUT2D eigenvalue weighted by Gasteiger charge is -1.76.